The van der Waals surface area contributed by atoms with Gasteiger partial charge in [0.05, 0.1) is 0 Å². The zero-order chi connectivity index (χ0) is 19.6. The van der Waals surface area contributed by atoms with Crippen LogP contribution in [0.25, 0.3) is 0 Å². The second-order valence-electron chi connectivity index (χ2n) is 8.05. The molecule has 0 unspecified atom stereocenters. The monoisotopic (exact) mass is 380 g/mol. The molecule has 0 fully saturated rings. The van der Waals surface area contributed by atoms with Crippen LogP contribution in [0.4, 0.5) is 0 Å². The molecule has 140 valence electrons. The van der Waals surface area contributed by atoms with Gasteiger partial charge in [-0.15, -0.1) is 0 Å². The molecule has 3 aromatic rings. The lowest BCUT2D eigenvalue weighted by atomic mass is 10.1. The molecule has 0 nitrogen and oxygen atoms in total. The highest BCUT2D eigenvalue weighted by Gasteiger charge is 2.44. The Hall–Kier alpha value is -2.64. The summed E-state index contributed by atoms with van der Waals surface area (Å²) in [6.45, 7) is 6.87. The highest BCUT2D eigenvalue weighted by Crippen LogP contribution is 2.32. The van der Waals surface area contributed by atoms with Gasteiger partial charge in [-0.25, -0.2) is 0 Å². The summed E-state index contributed by atoms with van der Waals surface area (Å²) in [6, 6.07) is 31.7. The molecular weight excluding hydrogens is 352 g/mol. The van der Waals surface area contributed by atoms with Gasteiger partial charge in [0, 0.05) is 0 Å². The minimum absolute atomic E-state index is 0.526. The average Bonchev–Trinajstić information content (AvgIpc) is 3.21. The van der Waals surface area contributed by atoms with Gasteiger partial charge in [0.25, 0.3) is 0 Å². The molecule has 0 bridgehead atoms. The average molecular weight is 381 g/mol. The summed E-state index contributed by atoms with van der Waals surface area (Å²) in [4.78, 5) is 0. The predicted molar refractivity (Wildman–Crippen MR) is 124 cm³/mol. The Morgan fingerprint density at radius 2 is 1.29 bits per heavy atom. The van der Waals surface area contributed by atoms with Gasteiger partial charge in [0.1, 0.15) is 0 Å². The smallest absolute Gasteiger partial charge is 0.0805 e. The van der Waals surface area contributed by atoms with Crippen molar-refractivity contribution in [2.45, 2.75) is 27.2 Å². The SMILES string of the molecule is Cc1cccc([Si](C2=C(C(C)C)C=CC2)(c2ccccc2)c2ccccc2)c1. The molecule has 0 aliphatic heterocycles. The van der Waals surface area contributed by atoms with E-state index >= 15 is 0 Å². The van der Waals surface area contributed by atoms with Gasteiger partial charge >= 0.3 is 0 Å². The van der Waals surface area contributed by atoms with Crippen LogP contribution in [-0.4, -0.2) is 8.07 Å². The zero-order valence-electron chi connectivity index (χ0n) is 17.0. The van der Waals surface area contributed by atoms with E-state index in [0.29, 0.717) is 5.92 Å². The third-order valence-corrected chi connectivity index (χ3v) is 10.9. The highest BCUT2D eigenvalue weighted by atomic mass is 28.3. The summed E-state index contributed by atoms with van der Waals surface area (Å²) in [6.07, 6.45) is 5.80. The first kappa shape index (κ1) is 18.7. The quantitative estimate of drug-likeness (QED) is 0.435. The summed E-state index contributed by atoms with van der Waals surface area (Å²) in [7, 11) is -2.33. The van der Waals surface area contributed by atoms with Crippen molar-refractivity contribution in [2.75, 3.05) is 0 Å². The van der Waals surface area contributed by atoms with Crippen molar-refractivity contribution in [3.8, 4) is 0 Å². The molecule has 1 heteroatoms. The van der Waals surface area contributed by atoms with Gasteiger partial charge in [-0.05, 0) is 40.4 Å². The van der Waals surface area contributed by atoms with Crippen LogP contribution in [0.2, 0.25) is 0 Å². The van der Waals surface area contributed by atoms with E-state index in [0.717, 1.165) is 6.42 Å². The van der Waals surface area contributed by atoms with Crippen LogP contribution in [0, 0.1) is 12.8 Å². The Morgan fingerprint density at radius 3 is 1.82 bits per heavy atom. The zero-order valence-corrected chi connectivity index (χ0v) is 18.0. The summed E-state index contributed by atoms with van der Waals surface area (Å²) in [5.41, 5.74) is 2.86. The predicted octanol–water partition coefficient (Wildman–Crippen LogP) is 4.92. The van der Waals surface area contributed by atoms with Crippen LogP contribution < -0.4 is 15.6 Å². The van der Waals surface area contributed by atoms with E-state index in [4.69, 9.17) is 0 Å². The molecule has 1 aliphatic carbocycles. The van der Waals surface area contributed by atoms with Crippen molar-refractivity contribution in [1.29, 1.82) is 0 Å². The van der Waals surface area contributed by atoms with Crippen LogP contribution in [0.1, 0.15) is 25.8 Å². The number of hydrogen-bond acceptors (Lipinski definition) is 0. The Kier molecular flexibility index (Phi) is 5.19. The summed E-state index contributed by atoms with van der Waals surface area (Å²) in [5, 5.41) is 6.08. The van der Waals surface area contributed by atoms with Crippen molar-refractivity contribution in [2.24, 2.45) is 5.92 Å². The van der Waals surface area contributed by atoms with Crippen molar-refractivity contribution in [3.05, 3.63) is 113 Å². The van der Waals surface area contributed by atoms with Gasteiger partial charge < -0.3 is 0 Å². The van der Waals surface area contributed by atoms with Crippen LogP contribution in [0.3, 0.4) is 0 Å². The Morgan fingerprint density at radius 1 is 0.714 bits per heavy atom. The lowest BCUT2D eigenvalue weighted by Gasteiger charge is -2.37. The van der Waals surface area contributed by atoms with E-state index in [2.05, 4.69) is 118 Å². The topological polar surface area (TPSA) is 0 Å². The molecule has 28 heavy (non-hydrogen) atoms. The summed E-state index contributed by atoms with van der Waals surface area (Å²) >= 11 is 0. The second-order valence-corrected chi connectivity index (χ2v) is 11.9. The minimum atomic E-state index is -2.33. The molecule has 4 rings (SSSR count). The largest absolute Gasteiger partial charge is 0.176 e. The maximum absolute atomic E-state index is 2.43. The van der Waals surface area contributed by atoms with E-state index in [-0.39, 0.29) is 0 Å². The third-order valence-electron chi connectivity index (χ3n) is 5.91. The van der Waals surface area contributed by atoms with Crippen LogP contribution in [0.15, 0.2) is 108 Å². The van der Waals surface area contributed by atoms with Crippen molar-refractivity contribution >= 4 is 23.6 Å². The number of benzene rings is 3. The van der Waals surface area contributed by atoms with E-state index in [9.17, 15) is 0 Å². The van der Waals surface area contributed by atoms with Gasteiger partial charge in [-0.1, -0.05) is 122 Å². The molecule has 0 saturated carbocycles. The lowest BCUT2D eigenvalue weighted by Crippen LogP contribution is -2.68. The molecule has 3 aromatic carbocycles. The number of allylic oxidation sites excluding steroid dienone is 4. The molecule has 0 aromatic heterocycles. The number of rotatable bonds is 5. The van der Waals surface area contributed by atoms with E-state index in [1.807, 2.05) is 0 Å². The summed E-state index contributed by atoms with van der Waals surface area (Å²) < 4.78 is 0. The van der Waals surface area contributed by atoms with E-state index in [1.165, 1.54) is 26.7 Å². The lowest BCUT2D eigenvalue weighted by molar-refractivity contribution is 0.789. The number of aryl methyl sites for hydroxylation is 1. The van der Waals surface area contributed by atoms with Gasteiger partial charge in [0.15, 0.2) is 8.07 Å². The van der Waals surface area contributed by atoms with Crippen LogP contribution in [-0.2, 0) is 0 Å². The molecule has 0 amide bonds. The standard InChI is InChI=1S/C27H28Si/c1-21(2)26-18-11-19-27(26)28(23-13-6-4-7-14-23,24-15-8-5-9-16-24)25-17-10-12-22(3)20-25/h4-18,20-21H,19H2,1-3H3. The van der Waals surface area contributed by atoms with Gasteiger partial charge in [-0.2, -0.15) is 0 Å². The Labute approximate surface area is 170 Å². The van der Waals surface area contributed by atoms with Crippen molar-refractivity contribution < 1.29 is 0 Å². The highest BCUT2D eigenvalue weighted by molar-refractivity contribution is 7.16. The Bertz CT molecular complexity index is 971. The third kappa shape index (κ3) is 3.10. The van der Waals surface area contributed by atoms with Gasteiger partial charge in [-0.3, -0.25) is 0 Å². The molecule has 0 radical (unpaired) electrons. The minimum Gasteiger partial charge on any atom is -0.0805 e. The molecule has 1 aliphatic rings. The van der Waals surface area contributed by atoms with Crippen molar-refractivity contribution in [1.82, 2.24) is 0 Å². The number of hydrogen-bond donors (Lipinski definition) is 0. The van der Waals surface area contributed by atoms with Crippen LogP contribution in [0.5, 0.6) is 0 Å². The van der Waals surface area contributed by atoms with Gasteiger partial charge in [0.2, 0.25) is 0 Å². The van der Waals surface area contributed by atoms with Crippen molar-refractivity contribution in [3.63, 3.8) is 0 Å². The second kappa shape index (κ2) is 7.77. The Balaban J connectivity index is 2.15. The maximum Gasteiger partial charge on any atom is 0.176 e. The fraction of sp³-hybridized carbons (Fsp3) is 0.185. The van der Waals surface area contributed by atoms with E-state index < -0.39 is 8.07 Å². The normalized spacial score (nSPS) is 14.1. The molecule has 0 heterocycles. The first-order valence-corrected chi connectivity index (χ1v) is 12.2. The molecule has 0 N–H and O–H groups in total. The fourth-order valence-electron chi connectivity index (χ4n) is 4.71. The molecule has 0 saturated heterocycles. The fourth-order valence-corrected chi connectivity index (χ4v) is 10.2. The van der Waals surface area contributed by atoms with E-state index in [1.54, 1.807) is 5.20 Å². The summed E-state index contributed by atoms with van der Waals surface area (Å²) in [5.74, 6) is 0.526. The van der Waals surface area contributed by atoms with Crippen LogP contribution >= 0.6 is 0 Å². The maximum atomic E-state index is 2.43. The first-order valence-electron chi connectivity index (χ1n) is 10.2. The molecular formula is C27H28Si. The molecule has 0 atom stereocenters. The first-order chi connectivity index (χ1) is 13.6. The molecule has 0 spiro atoms.